The minimum atomic E-state index is -5.41. The van der Waals surface area contributed by atoms with Crippen molar-refractivity contribution >= 4 is 22.1 Å². The first kappa shape index (κ1) is 37.3. The Hall–Kier alpha value is 0.770. The van der Waals surface area contributed by atoms with Gasteiger partial charge in [0.25, 0.3) is 10.1 Å². The number of ether oxygens (including phenoxy) is 2. The number of carbonyl (C=O) groups is 2. The molecule has 0 saturated heterocycles. The Kier molecular flexibility index (Phi) is 24.6. The van der Waals surface area contributed by atoms with E-state index in [1.165, 1.54) is 0 Å². The molecular formula is C20H36Na2O9S. The molecule has 0 bridgehead atoms. The van der Waals surface area contributed by atoms with E-state index in [4.69, 9.17) is 9.47 Å². The number of carbonyl (C=O) groups excluding carboxylic acids is 2. The molecule has 0 aliphatic carbocycles. The average Bonchev–Trinajstić information content (AvgIpc) is 2.64. The fourth-order valence-corrected chi connectivity index (χ4v) is 3.97. The van der Waals surface area contributed by atoms with Crippen LogP contribution in [0.3, 0.4) is 0 Å². The standard InChI is InChI=1S/C20H38O9S.2Na/c1-3-5-7-9-11-13-15-28-20(19(23)24,17(18(21)22)30(25,26)27)29-16-14-12-10-8-6-4-2;;/h17H,3-16H2,1-2H3,(H,21,22)(H,23,24)(H,25,26,27);;/q;2*+1/p-2. The Morgan fingerprint density at radius 3 is 1.41 bits per heavy atom. The summed E-state index contributed by atoms with van der Waals surface area (Å²) in [5, 5.41) is 20.2. The largest absolute Gasteiger partial charge is 1.00 e. The van der Waals surface area contributed by atoms with Crippen LogP contribution in [0, 0.1) is 0 Å². The van der Waals surface area contributed by atoms with E-state index in [2.05, 4.69) is 13.8 Å². The van der Waals surface area contributed by atoms with Crippen molar-refractivity contribution in [3.63, 3.8) is 0 Å². The van der Waals surface area contributed by atoms with Crippen LogP contribution in [0.5, 0.6) is 0 Å². The van der Waals surface area contributed by atoms with Gasteiger partial charge in [-0.2, -0.15) is 8.42 Å². The quantitative estimate of drug-likeness (QED) is 0.0754. The smallest absolute Gasteiger partial charge is 0.548 e. The molecule has 1 N–H and O–H groups in total. The predicted octanol–water partition coefficient (Wildman–Crippen LogP) is -4.80. The second-order valence-corrected chi connectivity index (χ2v) is 8.90. The van der Waals surface area contributed by atoms with Gasteiger partial charge in [0, 0.05) is 0 Å². The van der Waals surface area contributed by atoms with E-state index in [1.807, 2.05) is 0 Å². The minimum Gasteiger partial charge on any atom is -0.548 e. The first-order valence-electron chi connectivity index (χ1n) is 10.8. The Labute approximate surface area is 236 Å². The van der Waals surface area contributed by atoms with Crippen LogP contribution in [0.2, 0.25) is 0 Å². The van der Waals surface area contributed by atoms with Crippen molar-refractivity contribution in [3.05, 3.63) is 0 Å². The number of aliphatic carboxylic acids is 2. The molecule has 0 amide bonds. The summed E-state index contributed by atoms with van der Waals surface area (Å²) < 4.78 is 42.9. The van der Waals surface area contributed by atoms with Gasteiger partial charge in [0.15, 0.2) is 5.25 Å². The topological polar surface area (TPSA) is 153 Å². The van der Waals surface area contributed by atoms with Crippen LogP contribution in [0.4, 0.5) is 0 Å². The van der Waals surface area contributed by atoms with E-state index in [0.29, 0.717) is 25.7 Å². The SMILES string of the molecule is CCCCCCCCOC(OCCCCCCCC)(C(=O)[O-])C(C(=O)[O-])S(=O)(=O)O.[Na+].[Na+]. The van der Waals surface area contributed by atoms with Crippen molar-refractivity contribution in [2.24, 2.45) is 0 Å². The molecule has 178 valence electrons. The van der Waals surface area contributed by atoms with Crippen LogP contribution in [0.1, 0.15) is 90.9 Å². The summed E-state index contributed by atoms with van der Waals surface area (Å²) in [4.78, 5) is 23.2. The summed E-state index contributed by atoms with van der Waals surface area (Å²) in [7, 11) is -5.41. The van der Waals surface area contributed by atoms with Crippen molar-refractivity contribution in [1.29, 1.82) is 0 Å². The fraction of sp³-hybridized carbons (Fsp3) is 0.900. The zero-order valence-electron chi connectivity index (χ0n) is 20.1. The van der Waals surface area contributed by atoms with Gasteiger partial charge in [-0.15, -0.1) is 0 Å². The minimum absolute atomic E-state index is 0. The first-order valence-corrected chi connectivity index (χ1v) is 12.3. The normalized spacial score (nSPS) is 12.5. The number of unbranched alkanes of at least 4 members (excludes halogenated alkanes) is 10. The van der Waals surface area contributed by atoms with Gasteiger partial charge in [0.05, 0.1) is 19.2 Å². The molecule has 0 spiro atoms. The summed E-state index contributed by atoms with van der Waals surface area (Å²) in [5.74, 6) is -7.71. The molecule has 0 heterocycles. The summed E-state index contributed by atoms with van der Waals surface area (Å²) in [6.07, 6.45) is 10.0. The molecule has 0 radical (unpaired) electrons. The van der Waals surface area contributed by atoms with Crippen LogP contribution in [0.15, 0.2) is 0 Å². The van der Waals surface area contributed by atoms with Gasteiger partial charge >= 0.3 is 59.1 Å². The van der Waals surface area contributed by atoms with Crippen LogP contribution in [-0.4, -0.2) is 49.2 Å². The van der Waals surface area contributed by atoms with Crippen molar-refractivity contribution in [2.75, 3.05) is 13.2 Å². The van der Waals surface area contributed by atoms with E-state index >= 15 is 0 Å². The molecule has 0 saturated carbocycles. The van der Waals surface area contributed by atoms with Crippen molar-refractivity contribution < 1.29 is 101 Å². The maximum absolute atomic E-state index is 11.8. The third-order valence-corrected chi connectivity index (χ3v) is 5.87. The second kappa shape index (κ2) is 21.1. The number of hydrogen-bond donors (Lipinski definition) is 1. The molecule has 0 aliphatic heterocycles. The van der Waals surface area contributed by atoms with Crippen LogP contribution < -0.4 is 69.3 Å². The molecule has 0 rings (SSSR count). The fourth-order valence-electron chi connectivity index (χ4n) is 3.10. The number of carboxylic acid groups (broad SMARTS) is 2. The summed E-state index contributed by atoms with van der Waals surface area (Å²) >= 11 is 0. The molecule has 1 atom stereocenters. The summed E-state index contributed by atoms with van der Waals surface area (Å²) in [6, 6.07) is 0. The van der Waals surface area contributed by atoms with Gasteiger partial charge in [-0.05, 0) is 12.8 Å². The zero-order chi connectivity index (χ0) is 23.0. The van der Waals surface area contributed by atoms with Crippen LogP contribution in [-0.2, 0) is 29.2 Å². The maximum atomic E-state index is 11.8. The molecule has 1 unspecified atom stereocenters. The Morgan fingerprint density at radius 1 is 0.781 bits per heavy atom. The van der Waals surface area contributed by atoms with Crippen molar-refractivity contribution in [2.45, 2.75) is 102 Å². The van der Waals surface area contributed by atoms with E-state index in [1.54, 1.807) is 0 Å². The van der Waals surface area contributed by atoms with Crippen LogP contribution in [0.25, 0.3) is 0 Å². The first-order chi connectivity index (χ1) is 14.1. The second-order valence-electron chi connectivity index (χ2n) is 7.40. The van der Waals surface area contributed by atoms with Gasteiger partial charge in [-0.3, -0.25) is 4.55 Å². The summed E-state index contributed by atoms with van der Waals surface area (Å²) in [6.45, 7) is 3.59. The predicted molar refractivity (Wildman–Crippen MR) is 107 cm³/mol. The molecule has 9 nitrogen and oxygen atoms in total. The van der Waals surface area contributed by atoms with Gasteiger partial charge in [-0.25, -0.2) is 0 Å². The van der Waals surface area contributed by atoms with E-state index in [0.717, 1.165) is 51.4 Å². The number of rotatable bonds is 20. The zero-order valence-corrected chi connectivity index (χ0v) is 24.9. The molecule has 32 heavy (non-hydrogen) atoms. The molecule has 0 aromatic rings. The molecule has 12 heteroatoms. The number of hydrogen-bond acceptors (Lipinski definition) is 8. The molecule has 0 aromatic heterocycles. The van der Waals surface area contributed by atoms with Gasteiger partial charge in [-0.1, -0.05) is 78.1 Å². The molecule has 0 aliphatic rings. The summed E-state index contributed by atoms with van der Waals surface area (Å²) in [5.41, 5.74) is 0. The van der Waals surface area contributed by atoms with Crippen LogP contribution >= 0.6 is 0 Å². The molecule has 0 aromatic carbocycles. The van der Waals surface area contributed by atoms with Gasteiger partial charge in [0.2, 0.25) is 5.79 Å². The molecule has 0 fully saturated rings. The Morgan fingerprint density at radius 2 is 1.12 bits per heavy atom. The number of carboxylic acids is 2. The van der Waals surface area contributed by atoms with Crippen molar-refractivity contribution in [1.82, 2.24) is 0 Å². The van der Waals surface area contributed by atoms with Gasteiger partial charge < -0.3 is 29.3 Å². The third kappa shape index (κ3) is 14.9. The maximum Gasteiger partial charge on any atom is 1.00 e. The van der Waals surface area contributed by atoms with E-state index in [9.17, 15) is 32.8 Å². The molecular weight excluding hydrogens is 462 g/mol. The van der Waals surface area contributed by atoms with Gasteiger partial charge in [0.1, 0.15) is 5.97 Å². The van der Waals surface area contributed by atoms with Crippen molar-refractivity contribution in [3.8, 4) is 0 Å². The Balaban J connectivity index is -0.00000420. The third-order valence-electron chi connectivity index (χ3n) is 4.77. The average molecular weight is 499 g/mol. The van der Waals surface area contributed by atoms with E-state index < -0.39 is 33.1 Å². The Bertz CT molecular complexity index is 582. The monoisotopic (exact) mass is 498 g/mol. The van der Waals surface area contributed by atoms with E-state index in [-0.39, 0.29) is 72.3 Å².